The molecule has 6 rings (SSSR count). The fourth-order valence-electron chi connectivity index (χ4n) is 6.27. The molecule has 7 heteroatoms. The lowest BCUT2D eigenvalue weighted by molar-refractivity contribution is -0.123. The molecule has 0 radical (unpaired) electrons. The number of fused-ring (bicyclic) bond motifs is 3. The van der Waals surface area contributed by atoms with Gasteiger partial charge in [0.2, 0.25) is 11.8 Å². The summed E-state index contributed by atoms with van der Waals surface area (Å²) < 4.78 is 0.846. The highest BCUT2D eigenvalue weighted by molar-refractivity contribution is 9.10. The number of anilines is 1. The van der Waals surface area contributed by atoms with E-state index in [1.807, 2.05) is 6.08 Å². The van der Waals surface area contributed by atoms with Gasteiger partial charge in [0.25, 0.3) is 0 Å². The van der Waals surface area contributed by atoms with Gasteiger partial charge in [0.15, 0.2) is 11.6 Å². The summed E-state index contributed by atoms with van der Waals surface area (Å²) in [6.07, 6.45) is 4.02. The molecule has 4 atom stereocenters. The molecule has 3 aliphatic carbocycles. The number of imide groups is 1. The van der Waals surface area contributed by atoms with E-state index in [-0.39, 0.29) is 41.5 Å². The minimum atomic E-state index is -0.607. The van der Waals surface area contributed by atoms with E-state index in [0.29, 0.717) is 28.8 Å². The maximum absolute atomic E-state index is 13.8. The number of halogens is 1. The minimum Gasteiger partial charge on any atom is -0.508 e. The second-order valence-electron chi connectivity index (χ2n) is 9.81. The van der Waals surface area contributed by atoms with Crippen LogP contribution in [0.15, 0.2) is 87.4 Å². The van der Waals surface area contributed by atoms with Crippen molar-refractivity contribution in [1.82, 2.24) is 0 Å². The molecule has 4 aliphatic rings. The summed E-state index contributed by atoms with van der Waals surface area (Å²) >= 11 is 3.39. The highest BCUT2D eigenvalue weighted by Gasteiger charge is 2.56. The maximum atomic E-state index is 13.8. The fraction of sp³-hybridized carbons (Fsp3) is 0.241. The Hall–Kier alpha value is -3.58. The molecule has 36 heavy (non-hydrogen) atoms. The molecule has 1 aliphatic heterocycles. The highest BCUT2D eigenvalue weighted by atomic mass is 79.9. The SMILES string of the molecule is CC1=CC(=O)C2=C(C[C@@H]3C(=CC[C@@H]4C(=O)N(c5ccc(Br)cc5)C(=O)[C@@H]43)[C@@H]2c2ccc(O)cc2)C1=O. The molecule has 0 bridgehead atoms. The van der Waals surface area contributed by atoms with Crippen molar-refractivity contribution < 1.29 is 24.3 Å². The molecule has 1 heterocycles. The number of amides is 2. The summed E-state index contributed by atoms with van der Waals surface area (Å²) in [5.74, 6) is -2.78. The van der Waals surface area contributed by atoms with Crippen molar-refractivity contribution in [2.75, 3.05) is 4.90 Å². The molecule has 0 saturated carbocycles. The molecule has 0 spiro atoms. The summed E-state index contributed by atoms with van der Waals surface area (Å²) in [6.45, 7) is 1.63. The van der Waals surface area contributed by atoms with Crippen LogP contribution in [0.2, 0.25) is 0 Å². The van der Waals surface area contributed by atoms with Gasteiger partial charge in [-0.3, -0.25) is 24.1 Å². The molecule has 0 aromatic heterocycles. The van der Waals surface area contributed by atoms with Crippen LogP contribution in [0.3, 0.4) is 0 Å². The van der Waals surface area contributed by atoms with Crippen LogP contribution in [0.4, 0.5) is 5.69 Å². The first-order chi connectivity index (χ1) is 17.3. The Labute approximate surface area is 216 Å². The predicted octanol–water partition coefficient (Wildman–Crippen LogP) is 4.79. The normalized spacial score (nSPS) is 27.4. The molecule has 1 fully saturated rings. The predicted molar refractivity (Wildman–Crippen MR) is 136 cm³/mol. The number of carbonyl (C=O) groups is 4. The molecular formula is C29H22BrNO5. The van der Waals surface area contributed by atoms with Crippen LogP contribution >= 0.6 is 15.9 Å². The van der Waals surface area contributed by atoms with Crippen LogP contribution in [0.1, 0.15) is 31.2 Å². The van der Waals surface area contributed by atoms with Gasteiger partial charge in [-0.2, -0.15) is 0 Å². The number of ketones is 2. The van der Waals surface area contributed by atoms with Gasteiger partial charge < -0.3 is 5.11 Å². The largest absolute Gasteiger partial charge is 0.508 e. The number of aromatic hydroxyl groups is 1. The van der Waals surface area contributed by atoms with Crippen molar-refractivity contribution in [1.29, 1.82) is 0 Å². The fourth-order valence-corrected chi connectivity index (χ4v) is 6.54. The van der Waals surface area contributed by atoms with Crippen molar-refractivity contribution >= 4 is 45.0 Å². The zero-order valence-corrected chi connectivity index (χ0v) is 21.0. The van der Waals surface area contributed by atoms with Gasteiger partial charge in [0.05, 0.1) is 17.5 Å². The van der Waals surface area contributed by atoms with Gasteiger partial charge in [-0.25, -0.2) is 0 Å². The molecule has 1 saturated heterocycles. The van der Waals surface area contributed by atoms with Gasteiger partial charge in [-0.05, 0) is 73.7 Å². The molecule has 180 valence electrons. The van der Waals surface area contributed by atoms with Crippen molar-refractivity contribution in [3.8, 4) is 5.75 Å². The molecular weight excluding hydrogens is 522 g/mol. The molecule has 6 nitrogen and oxygen atoms in total. The van der Waals surface area contributed by atoms with Crippen LogP contribution in [-0.4, -0.2) is 28.5 Å². The van der Waals surface area contributed by atoms with Gasteiger partial charge in [0.1, 0.15) is 5.75 Å². The van der Waals surface area contributed by atoms with Crippen LogP contribution in [-0.2, 0) is 19.2 Å². The van der Waals surface area contributed by atoms with Gasteiger partial charge >= 0.3 is 0 Å². The monoisotopic (exact) mass is 543 g/mol. The van der Waals surface area contributed by atoms with E-state index >= 15 is 0 Å². The second-order valence-corrected chi connectivity index (χ2v) is 10.7. The Morgan fingerprint density at radius 3 is 2.31 bits per heavy atom. The summed E-state index contributed by atoms with van der Waals surface area (Å²) in [5, 5.41) is 9.84. The second kappa shape index (κ2) is 8.23. The summed E-state index contributed by atoms with van der Waals surface area (Å²) in [7, 11) is 0. The summed E-state index contributed by atoms with van der Waals surface area (Å²) in [4.78, 5) is 55.0. The lowest BCUT2D eigenvalue weighted by Gasteiger charge is -2.42. The van der Waals surface area contributed by atoms with Crippen LogP contribution < -0.4 is 4.90 Å². The number of hydrogen-bond acceptors (Lipinski definition) is 5. The van der Waals surface area contributed by atoms with Gasteiger partial charge in [-0.15, -0.1) is 0 Å². The zero-order valence-electron chi connectivity index (χ0n) is 19.4. The Bertz CT molecular complexity index is 1450. The Morgan fingerprint density at radius 1 is 0.917 bits per heavy atom. The van der Waals surface area contributed by atoms with Crippen LogP contribution in [0, 0.1) is 17.8 Å². The average Bonchev–Trinajstić information content (AvgIpc) is 3.12. The number of rotatable bonds is 2. The first-order valence-corrected chi connectivity index (χ1v) is 12.7. The number of phenols is 1. The lowest BCUT2D eigenvalue weighted by Crippen LogP contribution is -2.39. The Morgan fingerprint density at radius 2 is 1.61 bits per heavy atom. The van der Waals surface area contributed by atoms with E-state index in [0.717, 1.165) is 15.6 Å². The van der Waals surface area contributed by atoms with Gasteiger partial charge in [0, 0.05) is 27.1 Å². The number of hydrogen-bond donors (Lipinski definition) is 1. The highest BCUT2D eigenvalue weighted by Crippen LogP contribution is 2.55. The van der Waals surface area contributed by atoms with Crippen molar-refractivity contribution in [3.05, 3.63) is 93.0 Å². The topological polar surface area (TPSA) is 91.8 Å². The van der Waals surface area contributed by atoms with E-state index in [1.54, 1.807) is 55.5 Å². The lowest BCUT2D eigenvalue weighted by atomic mass is 9.59. The van der Waals surface area contributed by atoms with E-state index in [9.17, 15) is 24.3 Å². The number of phenolic OH excluding ortho intramolecular Hbond substituents is 1. The molecule has 2 amide bonds. The standard InChI is InChI=1S/C29H22BrNO5/c1-14-12-23(33)26-22(27(14)34)13-21-19(24(26)15-2-8-18(32)9-3-15)10-11-20-25(21)29(36)31(28(20)35)17-6-4-16(30)5-7-17/h2-10,12,20-21,24-25,32H,11,13H2,1H3/t20-,21+,24-,25-/m0/s1. The smallest absolute Gasteiger partial charge is 0.238 e. The van der Waals surface area contributed by atoms with E-state index in [1.165, 1.54) is 11.0 Å². The number of allylic oxidation sites excluding steroid dienone is 6. The summed E-state index contributed by atoms with van der Waals surface area (Å²) in [6, 6.07) is 13.7. The zero-order chi connectivity index (χ0) is 25.3. The molecule has 0 unspecified atom stereocenters. The molecule has 2 aromatic rings. The quantitative estimate of drug-likeness (QED) is 0.334. The maximum Gasteiger partial charge on any atom is 0.238 e. The van der Waals surface area contributed by atoms with Gasteiger partial charge in [-0.1, -0.05) is 39.7 Å². The number of nitrogens with zero attached hydrogens (tertiary/aromatic N) is 1. The molecule has 2 aromatic carbocycles. The first-order valence-electron chi connectivity index (χ1n) is 11.9. The number of Topliss-reactive ketones (excluding diaryl/α,β-unsaturated/α-hetero) is 1. The summed E-state index contributed by atoms with van der Waals surface area (Å²) in [5.41, 5.74) is 3.45. The minimum absolute atomic E-state index is 0.0986. The van der Waals surface area contributed by atoms with Crippen molar-refractivity contribution in [2.45, 2.75) is 25.7 Å². The van der Waals surface area contributed by atoms with E-state index < -0.39 is 17.8 Å². The number of carbonyl (C=O) groups excluding carboxylic acids is 4. The van der Waals surface area contributed by atoms with Crippen LogP contribution in [0.5, 0.6) is 5.75 Å². The third-order valence-electron chi connectivity index (χ3n) is 7.87. The van der Waals surface area contributed by atoms with Crippen molar-refractivity contribution in [2.24, 2.45) is 17.8 Å². The van der Waals surface area contributed by atoms with Crippen molar-refractivity contribution in [3.63, 3.8) is 0 Å². The van der Waals surface area contributed by atoms with E-state index in [4.69, 9.17) is 0 Å². The number of benzene rings is 2. The molecule has 1 N–H and O–H groups in total. The first kappa shape index (κ1) is 22.9. The Balaban J connectivity index is 1.48. The third-order valence-corrected chi connectivity index (χ3v) is 8.40. The average molecular weight is 544 g/mol. The van der Waals surface area contributed by atoms with Crippen LogP contribution in [0.25, 0.3) is 0 Å². The Kier molecular flexibility index (Phi) is 5.23. The third kappa shape index (κ3) is 3.29. The van der Waals surface area contributed by atoms with E-state index in [2.05, 4.69) is 15.9 Å².